The van der Waals surface area contributed by atoms with Gasteiger partial charge in [-0.25, -0.2) is 8.42 Å². The molecule has 0 radical (unpaired) electrons. The molecule has 0 aromatic heterocycles. The Labute approximate surface area is 136 Å². The molecular formula is C16H18ClNO3S. The normalized spacial score (nSPS) is 11.3. The predicted octanol–water partition coefficient (Wildman–Crippen LogP) is 4.07. The number of sulfonamides is 1. The molecule has 1 N–H and O–H groups in total. The van der Waals surface area contributed by atoms with Crippen LogP contribution < -0.4 is 9.46 Å². The van der Waals surface area contributed by atoms with Crippen LogP contribution >= 0.6 is 11.6 Å². The summed E-state index contributed by atoms with van der Waals surface area (Å²) in [6.07, 6.45) is 0. The maximum absolute atomic E-state index is 12.7. The van der Waals surface area contributed by atoms with Crippen molar-refractivity contribution in [3.05, 3.63) is 52.0 Å². The minimum Gasteiger partial charge on any atom is -0.497 e. The molecule has 0 saturated carbocycles. The fraction of sp³-hybridized carbons (Fsp3) is 0.250. The molecule has 0 atom stereocenters. The molecule has 0 aliphatic rings. The molecule has 2 rings (SSSR count). The number of rotatable bonds is 4. The molecule has 0 aliphatic carbocycles. The lowest BCUT2D eigenvalue weighted by Crippen LogP contribution is -2.16. The zero-order valence-electron chi connectivity index (χ0n) is 12.9. The summed E-state index contributed by atoms with van der Waals surface area (Å²) in [6.45, 7) is 5.50. The fourth-order valence-corrected chi connectivity index (χ4v) is 4.30. The summed E-state index contributed by atoms with van der Waals surface area (Å²) in [5.41, 5.74) is 2.75. The second-order valence-corrected chi connectivity index (χ2v) is 7.21. The quantitative estimate of drug-likeness (QED) is 0.913. The lowest BCUT2D eigenvalue weighted by molar-refractivity contribution is 0.415. The predicted molar refractivity (Wildman–Crippen MR) is 89.5 cm³/mol. The largest absolute Gasteiger partial charge is 0.497 e. The van der Waals surface area contributed by atoms with Gasteiger partial charge in [-0.1, -0.05) is 29.3 Å². The molecule has 2 aromatic carbocycles. The van der Waals surface area contributed by atoms with Gasteiger partial charge in [0, 0.05) is 6.07 Å². The maximum Gasteiger partial charge on any atom is 0.262 e. The Hall–Kier alpha value is -1.72. The van der Waals surface area contributed by atoms with Gasteiger partial charge in [0.15, 0.2) is 0 Å². The van der Waals surface area contributed by atoms with Gasteiger partial charge in [0.25, 0.3) is 10.0 Å². The molecule has 0 amide bonds. The molecule has 118 valence electrons. The summed E-state index contributed by atoms with van der Waals surface area (Å²) in [5, 5.41) is 0.283. The van der Waals surface area contributed by atoms with Crippen LogP contribution in [0.1, 0.15) is 16.7 Å². The van der Waals surface area contributed by atoms with E-state index in [1.54, 1.807) is 32.0 Å². The van der Waals surface area contributed by atoms with Crippen LogP contribution in [-0.4, -0.2) is 15.5 Å². The van der Waals surface area contributed by atoms with E-state index in [-0.39, 0.29) is 9.92 Å². The monoisotopic (exact) mass is 339 g/mol. The van der Waals surface area contributed by atoms with Crippen LogP contribution in [0.3, 0.4) is 0 Å². The highest BCUT2D eigenvalue weighted by atomic mass is 35.5. The summed E-state index contributed by atoms with van der Waals surface area (Å²) in [6, 6.07) is 8.48. The third-order valence-corrected chi connectivity index (χ3v) is 5.28. The molecule has 0 spiro atoms. The Morgan fingerprint density at radius 1 is 1.05 bits per heavy atom. The number of hydrogen-bond donors (Lipinski definition) is 1. The molecule has 0 fully saturated rings. The van der Waals surface area contributed by atoms with E-state index < -0.39 is 10.0 Å². The third-order valence-electron chi connectivity index (χ3n) is 3.29. The first-order valence-corrected chi connectivity index (χ1v) is 8.55. The van der Waals surface area contributed by atoms with Crippen molar-refractivity contribution in [1.29, 1.82) is 0 Å². The first-order chi connectivity index (χ1) is 10.2. The highest BCUT2D eigenvalue weighted by molar-refractivity contribution is 7.92. The van der Waals surface area contributed by atoms with E-state index in [1.165, 1.54) is 7.11 Å². The van der Waals surface area contributed by atoms with E-state index in [1.807, 2.05) is 19.1 Å². The standard InChI is InChI=1S/C16H18ClNO3S/c1-10-7-11(2)16(12(3)8-10)22(19,20)18-15-6-5-13(21-4)9-14(15)17/h5-9,18H,1-4H3. The van der Waals surface area contributed by atoms with E-state index in [0.29, 0.717) is 22.6 Å². The van der Waals surface area contributed by atoms with Gasteiger partial charge in [-0.2, -0.15) is 0 Å². The van der Waals surface area contributed by atoms with Crippen LogP contribution in [-0.2, 0) is 10.0 Å². The summed E-state index contributed by atoms with van der Waals surface area (Å²) in [5.74, 6) is 0.565. The first-order valence-electron chi connectivity index (χ1n) is 6.69. The molecule has 0 heterocycles. The molecule has 22 heavy (non-hydrogen) atoms. The van der Waals surface area contributed by atoms with Crippen molar-refractivity contribution in [2.45, 2.75) is 25.7 Å². The second kappa shape index (κ2) is 6.18. The molecule has 2 aromatic rings. The lowest BCUT2D eigenvalue weighted by atomic mass is 10.1. The van der Waals surface area contributed by atoms with Gasteiger partial charge in [-0.05, 0) is 44.0 Å². The number of methoxy groups -OCH3 is 1. The van der Waals surface area contributed by atoms with Gasteiger partial charge in [-0.15, -0.1) is 0 Å². The van der Waals surface area contributed by atoms with E-state index in [4.69, 9.17) is 16.3 Å². The molecule has 0 saturated heterocycles. The maximum atomic E-state index is 12.7. The molecule has 0 unspecified atom stereocenters. The smallest absolute Gasteiger partial charge is 0.262 e. The van der Waals surface area contributed by atoms with E-state index in [0.717, 1.165) is 5.56 Å². The van der Waals surface area contributed by atoms with Crippen molar-refractivity contribution in [2.75, 3.05) is 11.8 Å². The zero-order chi connectivity index (χ0) is 16.5. The second-order valence-electron chi connectivity index (χ2n) is 5.18. The van der Waals surface area contributed by atoms with Crippen LogP contribution in [0.15, 0.2) is 35.2 Å². The van der Waals surface area contributed by atoms with Crippen molar-refractivity contribution >= 4 is 27.3 Å². The molecule has 0 aliphatic heterocycles. The van der Waals surface area contributed by atoms with E-state index >= 15 is 0 Å². The van der Waals surface area contributed by atoms with Crippen LogP contribution in [0, 0.1) is 20.8 Å². The topological polar surface area (TPSA) is 55.4 Å². The Balaban J connectivity index is 2.45. The number of anilines is 1. The number of aryl methyl sites for hydroxylation is 3. The molecular weight excluding hydrogens is 322 g/mol. The van der Waals surface area contributed by atoms with Gasteiger partial charge in [-0.3, -0.25) is 4.72 Å². The van der Waals surface area contributed by atoms with Crippen LogP contribution in [0.25, 0.3) is 0 Å². The van der Waals surface area contributed by atoms with Crippen LogP contribution in [0.5, 0.6) is 5.75 Å². The fourth-order valence-electron chi connectivity index (χ4n) is 2.49. The van der Waals surface area contributed by atoms with Crippen molar-refractivity contribution in [1.82, 2.24) is 0 Å². The number of halogens is 1. The van der Waals surface area contributed by atoms with E-state index in [9.17, 15) is 8.42 Å². The van der Waals surface area contributed by atoms with Crippen molar-refractivity contribution in [3.63, 3.8) is 0 Å². The Kier molecular flexibility index (Phi) is 4.68. The third kappa shape index (κ3) is 3.36. The number of benzene rings is 2. The SMILES string of the molecule is COc1ccc(NS(=O)(=O)c2c(C)cc(C)cc2C)c(Cl)c1. The lowest BCUT2D eigenvalue weighted by Gasteiger charge is -2.15. The van der Waals surface area contributed by atoms with Gasteiger partial charge >= 0.3 is 0 Å². The van der Waals surface area contributed by atoms with Crippen molar-refractivity contribution < 1.29 is 13.2 Å². The minimum absolute atomic E-state index is 0.282. The molecule has 0 bridgehead atoms. The zero-order valence-corrected chi connectivity index (χ0v) is 14.5. The van der Waals surface area contributed by atoms with Crippen LogP contribution in [0.2, 0.25) is 5.02 Å². The Morgan fingerprint density at radius 3 is 2.14 bits per heavy atom. The molecule has 4 nitrogen and oxygen atoms in total. The first kappa shape index (κ1) is 16.6. The van der Waals surface area contributed by atoms with Crippen molar-refractivity contribution in [3.8, 4) is 5.75 Å². The highest BCUT2D eigenvalue weighted by Gasteiger charge is 2.21. The average molecular weight is 340 g/mol. The van der Waals surface area contributed by atoms with Gasteiger partial charge in [0.2, 0.25) is 0 Å². The number of hydrogen-bond acceptors (Lipinski definition) is 3. The minimum atomic E-state index is -3.71. The van der Waals surface area contributed by atoms with E-state index in [2.05, 4.69) is 4.72 Å². The summed E-state index contributed by atoms with van der Waals surface area (Å²) < 4.78 is 32.9. The Bertz CT molecular complexity index is 793. The summed E-state index contributed by atoms with van der Waals surface area (Å²) in [4.78, 5) is 0.282. The average Bonchev–Trinajstić information content (AvgIpc) is 2.39. The summed E-state index contributed by atoms with van der Waals surface area (Å²) in [7, 11) is -2.19. The van der Waals surface area contributed by atoms with Gasteiger partial charge in [0.05, 0.1) is 22.7 Å². The highest BCUT2D eigenvalue weighted by Crippen LogP contribution is 2.30. The molecule has 6 heteroatoms. The van der Waals surface area contributed by atoms with Crippen molar-refractivity contribution in [2.24, 2.45) is 0 Å². The van der Waals surface area contributed by atoms with Gasteiger partial charge < -0.3 is 4.74 Å². The number of nitrogens with one attached hydrogen (secondary N) is 1. The number of ether oxygens (including phenoxy) is 1. The summed E-state index contributed by atoms with van der Waals surface area (Å²) >= 11 is 6.10. The van der Waals surface area contributed by atoms with Gasteiger partial charge in [0.1, 0.15) is 5.75 Å². The van der Waals surface area contributed by atoms with Crippen LogP contribution in [0.4, 0.5) is 5.69 Å². The Morgan fingerprint density at radius 2 is 1.64 bits per heavy atom.